The maximum absolute atomic E-state index is 4.61. The summed E-state index contributed by atoms with van der Waals surface area (Å²) in [6.45, 7) is 3.16. The van der Waals surface area contributed by atoms with Crippen molar-refractivity contribution in [2.75, 3.05) is 0 Å². The monoisotopic (exact) mass is 285 g/mol. The van der Waals surface area contributed by atoms with E-state index in [-0.39, 0.29) is 0 Å². The summed E-state index contributed by atoms with van der Waals surface area (Å²) in [4.78, 5) is 0. The minimum atomic E-state index is 0.623. The van der Waals surface area contributed by atoms with E-state index in [9.17, 15) is 0 Å². The number of nitrogens with one attached hydrogen (secondary N) is 1. The lowest BCUT2D eigenvalue weighted by Crippen LogP contribution is -2.14. The minimum absolute atomic E-state index is 0.623. The van der Waals surface area contributed by atoms with Crippen molar-refractivity contribution in [2.24, 2.45) is 7.05 Å². The zero-order valence-electron chi connectivity index (χ0n) is 9.07. The molecule has 0 bridgehead atoms. The van der Waals surface area contributed by atoms with Crippen LogP contribution in [0.5, 0.6) is 0 Å². The van der Waals surface area contributed by atoms with Gasteiger partial charge in [-0.25, -0.2) is 4.63 Å². The lowest BCUT2D eigenvalue weighted by atomic mass is 10.3. The van der Waals surface area contributed by atoms with Crippen LogP contribution in [0.25, 0.3) is 0 Å². The largest absolute Gasteiger partial charge is 0.305 e. The van der Waals surface area contributed by atoms with Gasteiger partial charge in [-0.2, -0.15) is 5.10 Å². The Balaban J connectivity index is 1.89. The molecule has 0 aromatic carbocycles. The van der Waals surface area contributed by atoms with Crippen LogP contribution >= 0.6 is 15.9 Å². The minimum Gasteiger partial charge on any atom is -0.305 e. The van der Waals surface area contributed by atoms with E-state index >= 15 is 0 Å². The van der Waals surface area contributed by atoms with Crippen LogP contribution in [-0.4, -0.2) is 20.1 Å². The van der Waals surface area contributed by atoms with Gasteiger partial charge in [-0.05, 0) is 22.9 Å². The Morgan fingerprint density at radius 2 is 2.12 bits per heavy atom. The highest BCUT2D eigenvalue weighted by Crippen LogP contribution is 2.13. The maximum atomic E-state index is 4.61. The lowest BCUT2D eigenvalue weighted by molar-refractivity contribution is 0.300. The smallest absolute Gasteiger partial charge is 0.121 e. The molecule has 0 atom stereocenters. The van der Waals surface area contributed by atoms with E-state index in [0.717, 1.165) is 21.6 Å². The molecule has 0 aliphatic carbocycles. The van der Waals surface area contributed by atoms with Crippen LogP contribution in [0.2, 0.25) is 0 Å². The number of rotatable bonds is 4. The van der Waals surface area contributed by atoms with E-state index < -0.39 is 0 Å². The van der Waals surface area contributed by atoms with Crippen molar-refractivity contribution in [3.63, 3.8) is 0 Å². The third kappa shape index (κ3) is 2.48. The molecule has 0 radical (unpaired) electrons. The van der Waals surface area contributed by atoms with Crippen molar-refractivity contribution in [3.05, 3.63) is 27.8 Å². The quantitative estimate of drug-likeness (QED) is 0.913. The molecule has 0 aliphatic rings. The standard InChI is InChI=1S/C9H12BrN5O/c1-6-8(14-16-13-6)3-11-4-9-7(10)5-15(2)12-9/h5,11H,3-4H2,1-2H3. The summed E-state index contributed by atoms with van der Waals surface area (Å²) < 4.78 is 7.37. The molecule has 0 saturated carbocycles. The van der Waals surface area contributed by atoms with Gasteiger partial charge in [-0.3, -0.25) is 4.68 Å². The predicted octanol–water partition coefficient (Wildman–Crippen LogP) is 1.16. The topological polar surface area (TPSA) is 68.8 Å². The molecular weight excluding hydrogens is 274 g/mol. The molecule has 2 rings (SSSR count). The fraction of sp³-hybridized carbons (Fsp3) is 0.444. The van der Waals surface area contributed by atoms with E-state index in [2.05, 4.69) is 41.3 Å². The number of hydrogen-bond donors (Lipinski definition) is 1. The lowest BCUT2D eigenvalue weighted by Gasteiger charge is -1.99. The van der Waals surface area contributed by atoms with Gasteiger partial charge in [-0.1, -0.05) is 10.3 Å². The summed E-state index contributed by atoms with van der Waals surface area (Å²) in [6.07, 6.45) is 1.92. The zero-order valence-corrected chi connectivity index (χ0v) is 10.7. The summed E-state index contributed by atoms with van der Waals surface area (Å²) in [5, 5.41) is 15.0. The molecule has 0 amide bonds. The second-order valence-corrected chi connectivity index (χ2v) is 4.35. The molecule has 0 unspecified atom stereocenters. The highest BCUT2D eigenvalue weighted by Gasteiger charge is 2.07. The first-order valence-electron chi connectivity index (χ1n) is 4.83. The Labute approximate surface area is 101 Å². The molecule has 2 heterocycles. The fourth-order valence-electron chi connectivity index (χ4n) is 1.33. The van der Waals surface area contributed by atoms with Crippen molar-refractivity contribution < 1.29 is 4.63 Å². The van der Waals surface area contributed by atoms with Gasteiger partial charge < -0.3 is 5.32 Å². The molecule has 0 fully saturated rings. The molecular formula is C9H12BrN5O. The van der Waals surface area contributed by atoms with Crippen LogP contribution in [0.3, 0.4) is 0 Å². The number of aromatic nitrogens is 4. The van der Waals surface area contributed by atoms with E-state index in [1.54, 1.807) is 4.68 Å². The van der Waals surface area contributed by atoms with E-state index in [1.165, 1.54) is 0 Å². The average Bonchev–Trinajstić information content (AvgIpc) is 2.75. The third-order valence-corrected chi connectivity index (χ3v) is 2.85. The summed E-state index contributed by atoms with van der Waals surface area (Å²) >= 11 is 3.44. The second kappa shape index (κ2) is 4.75. The first-order chi connectivity index (χ1) is 7.66. The predicted molar refractivity (Wildman–Crippen MR) is 60.5 cm³/mol. The van der Waals surface area contributed by atoms with E-state index in [1.807, 2.05) is 20.2 Å². The first kappa shape index (κ1) is 11.3. The van der Waals surface area contributed by atoms with Crippen LogP contribution in [0.4, 0.5) is 0 Å². The van der Waals surface area contributed by atoms with Crippen LogP contribution in [0, 0.1) is 6.92 Å². The number of halogens is 1. The van der Waals surface area contributed by atoms with Crippen molar-refractivity contribution in [3.8, 4) is 0 Å². The fourth-order valence-corrected chi connectivity index (χ4v) is 1.85. The molecule has 7 heteroatoms. The highest BCUT2D eigenvalue weighted by molar-refractivity contribution is 9.10. The maximum Gasteiger partial charge on any atom is 0.121 e. The summed E-state index contributed by atoms with van der Waals surface area (Å²) in [7, 11) is 1.89. The Bertz CT molecular complexity index is 478. The summed E-state index contributed by atoms with van der Waals surface area (Å²) in [5.41, 5.74) is 2.61. The van der Waals surface area contributed by atoms with Crippen molar-refractivity contribution in [1.82, 2.24) is 25.4 Å². The number of aryl methyl sites for hydroxylation is 2. The normalized spacial score (nSPS) is 10.9. The first-order valence-corrected chi connectivity index (χ1v) is 5.63. The molecule has 2 aromatic heterocycles. The van der Waals surface area contributed by atoms with Gasteiger partial charge in [0.2, 0.25) is 0 Å². The van der Waals surface area contributed by atoms with Gasteiger partial charge in [0.1, 0.15) is 11.4 Å². The van der Waals surface area contributed by atoms with Crippen molar-refractivity contribution in [2.45, 2.75) is 20.0 Å². The molecule has 0 saturated heterocycles. The van der Waals surface area contributed by atoms with Crippen LogP contribution < -0.4 is 5.32 Å². The Morgan fingerprint density at radius 3 is 2.69 bits per heavy atom. The molecule has 0 aliphatic heterocycles. The Hall–Kier alpha value is -1.21. The van der Waals surface area contributed by atoms with E-state index in [0.29, 0.717) is 13.1 Å². The van der Waals surface area contributed by atoms with Crippen molar-refractivity contribution in [1.29, 1.82) is 0 Å². The summed E-state index contributed by atoms with van der Waals surface area (Å²) in [5.74, 6) is 0. The Morgan fingerprint density at radius 1 is 1.38 bits per heavy atom. The average molecular weight is 286 g/mol. The van der Waals surface area contributed by atoms with Crippen molar-refractivity contribution >= 4 is 15.9 Å². The SMILES string of the molecule is Cc1nonc1CNCc1nn(C)cc1Br. The molecule has 2 aromatic rings. The number of nitrogens with zero attached hydrogens (tertiary/aromatic N) is 4. The van der Waals surface area contributed by atoms with Crippen LogP contribution in [-0.2, 0) is 20.1 Å². The van der Waals surface area contributed by atoms with Crippen LogP contribution in [0.1, 0.15) is 17.1 Å². The van der Waals surface area contributed by atoms with Gasteiger partial charge in [0, 0.05) is 26.3 Å². The molecule has 16 heavy (non-hydrogen) atoms. The molecule has 86 valence electrons. The van der Waals surface area contributed by atoms with Gasteiger partial charge in [0.25, 0.3) is 0 Å². The molecule has 0 spiro atoms. The van der Waals surface area contributed by atoms with Gasteiger partial charge in [0.05, 0.1) is 10.2 Å². The highest BCUT2D eigenvalue weighted by atomic mass is 79.9. The Kier molecular flexibility index (Phi) is 3.35. The molecule has 1 N–H and O–H groups in total. The molecule has 6 nitrogen and oxygen atoms in total. The van der Waals surface area contributed by atoms with Gasteiger partial charge >= 0.3 is 0 Å². The van der Waals surface area contributed by atoms with Gasteiger partial charge in [0.15, 0.2) is 0 Å². The zero-order chi connectivity index (χ0) is 11.5. The van der Waals surface area contributed by atoms with Crippen LogP contribution in [0.15, 0.2) is 15.3 Å². The second-order valence-electron chi connectivity index (χ2n) is 3.50. The van der Waals surface area contributed by atoms with Gasteiger partial charge in [-0.15, -0.1) is 0 Å². The third-order valence-electron chi connectivity index (χ3n) is 2.19. The number of hydrogen-bond acceptors (Lipinski definition) is 5. The summed E-state index contributed by atoms with van der Waals surface area (Å²) in [6, 6.07) is 0. The van der Waals surface area contributed by atoms with E-state index in [4.69, 9.17) is 0 Å².